The van der Waals surface area contributed by atoms with Crippen LogP contribution in [0.1, 0.15) is 36.2 Å². The second kappa shape index (κ2) is 4.17. The third-order valence-electron chi connectivity index (χ3n) is 2.52. The highest BCUT2D eigenvalue weighted by atomic mass is 32.2. The van der Waals surface area contributed by atoms with Gasteiger partial charge in [-0.2, -0.15) is 16.9 Å². The van der Waals surface area contributed by atoms with Crippen LogP contribution in [-0.2, 0) is 0 Å². The van der Waals surface area contributed by atoms with E-state index >= 15 is 0 Å². The van der Waals surface area contributed by atoms with Crippen LogP contribution in [0.3, 0.4) is 0 Å². The normalized spacial score (nSPS) is 22.2. The fraction of sp³-hybridized carbons (Fsp3) is 0.600. The molecular weight excluding hydrogens is 196 g/mol. The Morgan fingerprint density at radius 1 is 1.71 bits per heavy atom. The molecule has 1 aliphatic rings. The van der Waals surface area contributed by atoms with E-state index in [0.29, 0.717) is 6.04 Å². The summed E-state index contributed by atoms with van der Waals surface area (Å²) in [5, 5.41) is 4.24. The molecule has 1 fully saturated rings. The predicted molar refractivity (Wildman–Crippen MR) is 57.8 cm³/mol. The summed E-state index contributed by atoms with van der Waals surface area (Å²) in [6.07, 6.45) is 5.98. The SMILES string of the molecule is CC(=O)c1cnn(C2CCCSC2)c1. The monoisotopic (exact) mass is 210 g/mol. The number of Topliss-reactive ketones (excluding diaryl/α,β-unsaturated/α-hetero) is 1. The fourth-order valence-electron chi connectivity index (χ4n) is 1.65. The van der Waals surface area contributed by atoms with Crippen molar-refractivity contribution < 1.29 is 4.79 Å². The van der Waals surface area contributed by atoms with Crippen molar-refractivity contribution in [3.8, 4) is 0 Å². The van der Waals surface area contributed by atoms with Crippen molar-refractivity contribution in [1.29, 1.82) is 0 Å². The second-order valence-electron chi connectivity index (χ2n) is 3.64. The molecule has 2 heterocycles. The van der Waals surface area contributed by atoms with Crippen molar-refractivity contribution >= 4 is 17.5 Å². The Labute approximate surface area is 87.9 Å². The van der Waals surface area contributed by atoms with Gasteiger partial charge in [0.05, 0.1) is 17.8 Å². The molecule has 1 atom stereocenters. The number of thioether (sulfide) groups is 1. The van der Waals surface area contributed by atoms with E-state index in [1.165, 1.54) is 18.6 Å². The van der Waals surface area contributed by atoms with Crippen LogP contribution in [0.25, 0.3) is 0 Å². The van der Waals surface area contributed by atoms with E-state index in [4.69, 9.17) is 0 Å². The highest BCUT2D eigenvalue weighted by Gasteiger charge is 2.16. The van der Waals surface area contributed by atoms with Gasteiger partial charge in [-0.25, -0.2) is 0 Å². The van der Waals surface area contributed by atoms with E-state index in [0.717, 1.165) is 11.3 Å². The molecular formula is C10H14N2OS. The summed E-state index contributed by atoms with van der Waals surface area (Å²) in [6, 6.07) is 0.488. The summed E-state index contributed by atoms with van der Waals surface area (Å²) in [6.45, 7) is 1.58. The number of carbonyl (C=O) groups excluding carboxylic acids is 1. The molecule has 1 unspecified atom stereocenters. The zero-order valence-corrected chi connectivity index (χ0v) is 9.09. The maximum absolute atomic E-state index is 11.1. The average molecular weight is 210 g/mol. The summed E-state index contributed by atoms with van der Waals surface area (Å²) >= 11 is 1.97. The summed E-state index contributed by atoms with van der Waals surface area (Å²) in [5.74, 6) is 2.48. The van der Waals surface area contributed by atoms with Crippen molar-refractivity contribution in [1.82, 2.24) is 9.78 Å². The van der Waals surface area contributed by atoms with Crippen LogP contribution in [0.5, 0.6) is 0 Å². The maximum atomic E-state index is 11.1. The van der Waals surface area contributed by atoms with Gasteiger partial charge in [0.1, 0.15) is 0 Å². The maximum Gasteiger partial charge on any atom is 0.162 e. The van der Waals surface area contributed by atoms with Crippen molar-refractivity contribution in [2.24, 2.45) is 0 Å². The highest BCUT2D eigenvalue weighted by Crippen LogP contribution is 2.26. The van der Waals surface area contributed by atoms with Gasteiger partial charge in [-0.05, 0) is 25.5 Å². The van der Waals surface area contributed by atoms with Gasteiger partial charge in [0.15, 0.2) is 5.78 Å². The van der Waals surface area contributed by atoms with Gasteiger partial charge in [-0.15, -0.1) is 0 Å². The lowest BCUT2D eigenvalue weighted by atomic mass is 10.2. The van der Waals surface area contributed by atoms with Crippen molar-refractivity contribution in [3.05, 3.63) is 18.0 Å². The number of aromatic nitrogens is 2. The van der Waals surface area contributed by atoms with Gasteiger partial charge < -0.3 is 0 Å². The number of carbonyl (C=O) groups is 1. The Balaban J connectivity index is 2.11. The molecule has 0 radical (unpaired) electrons. The standard InChI is InChI=1S/C10H14N2OS/c1-8(13)9-5-11-12(6-9)10-3-2-4-14-7-10/h5-6,10H,2-4,7H2,1H3. The average Bonchev–Trinajstić information content (AvgIpc) is 2.68. The second-order valence-corrected chi connectivity index (χ2v) is 4.79. The Bertz CT molecular complexity index is 329. The Morgan fingerprint density at radius 3 is 3.14 bits per heavy atom. The lowest BCUT2D eigenvalue weighted by molar-refractivity contribution is 0.101. The molecule has 4 heteroatoms. The smallest absolute Gasteiger partial charge is 0.162 e. The van der Waals surface area contributed by atoms with Gasteiger partial charge in [-0.1, -0.05) is 0 Å². The van der Waals surface area contributed by atoms with Crippen LogP contribution < -0.4 is 0 Å². The molecule has 0 bridgehead atoms. The number of hydrogen-bond acceptors (Lipinski definition) is 3. The Kier molecular flexibility index (Phi) is 2.91. The lowest BCUT2D eigenvalue weighted by Gasteiger charge is -2.21. The van der Waals surface area contributed by atoms with E-state index in [2.05, 4.69) is 5.10 Å². The number of rotatable bonds is 2. The Morgan fingerprint density at radius 2 is 2.57 bits per heavy atom. The molecule has 0 saturated carbocycles. The summed E-state index contributed by atoms with van der Waals surface area (Å²) in [5.41, 5.74) is 0.723. The van der Waals surface area contributed by atoms with E-state index in [1.807, 2.05) is 22.6 Å². The number of nitrogens with zero attached hydrogens (tertiary/aromatic N) is 2. The third-order valence-corrected chi connectivity index (χ3v) is 3.72. The molecule has 1 aromatic heterocycles. The number of hydrogen-bond donors (Lipinski definition) is 0. The molecule has 2 rings (SSSR count). The fourth-order valence-corrected chi connectivity index (χ4v) is 2.78. The van der Waals surface area contributed by atoms with Crippen molar-refractivity contribution in [2.45, 2.75) is 25.8 Å². The van der Waals surface area contributed by atoms with Crippen molar-refractivity contribution in [3.63, 3.8) is 0 Å². The van der Waals surface area contributed by atoms with Gasteiger partial charge in [0.2, 0.25) is 0 Å². The zero-order chi connectivity index (χ0) is 9.97. The first-order valence-corrected chi connectivity index (χ1v) is 6.05. The summed E-state index contributed by atoms with van der Waals surface area (Å²) in [4.78, 5) is 11.1. The summed E-state index contributed by atoms with van der Waals surface area (Å²) < 4.78 is 1.95. The van der Waals surface area contributed by atoms with Gasteiger partial charge >= 0.3 is 0 Å². The number of ketones is 1. The van der Waals surface area contributed by atoms with Crippen LogP contribution in [0, 0.1) is 0 Å². The molecule has 3 nitrogen and oxygen atoms in total. The minimum absolute atomic E-state index is 0.0970. The van der Waals surface area contributed by atoms with E-state index in [-0.39, 0.29) is 5.78 Å². The van der Waals surface area contributed by atoms with Crippen molar-refractivity contribution in [2.75, 3.05) is 11.5 Å². The Hall–Kier alpha value is -0.770. The van der Waals surface area contributed by atoms with Gasteiger partial charge in [0, 0.05) is 11.9 Å². The highest BCUT2D eigenvalue weighted by molar-refractivity contribution is 7.99. The first-order valence-electron chi connectivity index (χ1n) is 4.90. The van der Waals surface area contributed by atoms with Crippen LogP contribution >= 0.6 is 11.8 Å². The quantitative estimate of drug-likeness (QED) is 0.702. The van der Waals surface area contributed by atoms with Gasteiger partial charge in [0.25, 0.3) is 0 Å². The van der Waals surface area contributed by atoms with E-state index in [9.17, 15) is 4.79 Å². The molecule has 1 aliphatic heterocycles. The lowest BCUT2D eigenvalue weighted by Crippen LogP contribution is -2.16. The zero-order valence-electron chi connectivity index (χ0n) is 8.27. The largest absolute Gasteiger partial charge is 0.294 e. The van der Waals surface area contributed by atoms with Crippen LogP contribution in [0.15, 0.2) is 12.4 Å². The molecule has 76 valence electrons. The molecule has 0 spiro atoms. The van der Waals surface area contributed by atoms with E-state index < -0.39 is 0 Å². The molecule has 0 aromatic carbocycles. The molecule has 0 aliphatic carbocycles. The minimum Gasteiger partial charge on any atom is -0.294 e. The molecule has 1 saturated heterocycles. The predicted octanol–water partition coefficient (Wildman–Crippen LogP) is 2.15. The van der Waals surface area contributed by atoms with Gasteiger partial charge in [-0.3, -0.25) is 9.48 Å². The summed E-state index contributed by atoms with van der Waals surface area (Å²) in [7, 11) is 0. The van der Waals surface area contributed by atoms with Crippen LogP contribution in [0.2, 0.25) is 0 Å². The topological polar surface area (TPSA) is 34.9 Å². The van der Waals surface area contributed by atoms with Crippen LogP contribution in [0.4, 0.5) is 0 Å². The van der Waals surface area contributed by atoms with Crippen LogP contribution in [-0.4, -0.2) is 27.1 Å². The molecule has 0 N–H and O–H groups in total. The first kappa shape index (κ1) is 9.77. The van der Waals surface area contributed by atoms with E-state index in [1.54, 1.807) is 13.1 Å². The molecule has 1 aromatic rings. The molecule has 14 heavy (non-hydrogen) atoms. The first-order chi connectivity index (χ1) is 6.77. The molecule has 0 amide bonds. The minimum atomic E-state index is 0.0970. The third kappa shape index (κ3) is 2.00.